The minimum atomic E-state index is -4.15. The van der Waals surface area contributed by atoms with Crippen LogP contribution in [0.3, 0.4) is 0 Å². The molecular formula is C31H47F3N4S. The maximum Gasteiger partial charge on any atom is 0.390 e. The number of nitrogens with one attached hydrogen (secondary N) is 2. The zero-order valence-electron chi connectivity index (χ0n) is 24.8. The molecular weight excluding hydrogens is 517 g/mol. The highest BCUT2D eigenvalue weighted by Crippen LogP contribution is 2.33. The van der Waals surface area contributed by atoms with Crippen molar-refractivity contribution in [3.05, 3.63) is 78.8 Å². The van der Waals surface area contributed by atoms with E-state index in [2.05, 4.69) is 48.0 Å². The smallest absolute Gasteiger partial charge is 0.333 e. The molecule has 1 aromatic carbocycles. The van der Waals surface area contributed by atoms with Gasteiger partial charge in [-0.2, -0.15) is 13.2 Å². The number of likely N-dealkylation sites (tertiary alicyclic amines) is 1. The Balaban J connectivity index is 0.00000225. The van der Waals surface area contributed by atoms with Gasteiger partial charge < -0.3 is 15.5 Å². The maximum absolute atomic E-state index is 12.4. The largest absolute Gasteiger partial charge is 0.390 e. The Morgan fingerprint density at radius 2 is 1.69 bits per heavy atom. The van der Waals surface area contributed by atoms with Crippen molar-refractivity contribution in [2.24, 2.45) is 0 Å². The third-order valence-electron chi connectivity index (χ3n) is 5.35. The van der Waals surface area contributed by atoms with E-state index in [9.17, 15) is 13.2 Å². The van der Waals surface area contributed by atoms with Crippen molar-refractivity contribution in [3.63, 3.8) is 0 Å². The van der Waals surface area contributed by atoms with Gasteiger partial charge in [0.05, 0.1) is 6.42 Å². The van der Waals surface area contributed by atoms with E-state index in [-0.39, 0.29) is 12.6 Å². The summed E-state index contributed by atoms with van der Waals surface area (Å²) >= 11 is 1.54. The molecule has 39 heavy (non-hydrogen) atoms. The number of hydrogen-bond acceptors (Lipinski definition) is 5. The number of benzene rings is 1. The van der Waals surface area contributed by atoms with Gasteiger partial charge in [0.15, 0.2) is 0 Å². The number of allylic oxidation sites excluding steroid dienone is 1. The molecule has 1 unspecified atom stereocenters. The van der Waals surface area contributed by atoms with Crippen LogP contribution in [0, 0.1) is 0 Å². The van der Waals surface area contributed by atoms with Gasteiger partial charge in [-0.15, -0.1) is 0 Å². The summed E-state index contributed by atoms with van der Waals surface area (Å²) in [4.78, 5) is 8.35. The molecule has 0 bridgehead atoms. The van der Waals surface area contributed by atoms with E-state index in [0.717, 1.165) is 31.8 Å². The van der Waals surface area contributed by atoms with E-state index < -0.39 is 12.6 Å². The Morgan fingerprint density at radius 1 is 1.05 bits per heavy atom. The SMILES string of the molecule is C=C(C)SC(=C)c1ccc2cnc(NC(=C)N3CCC(NCCC(F)(F)F)CC3=C)cc2c1.CC.CC.CC. The second-order valence-corrected chi connectivity index (χ2v) is 9.55. The maximum atomic E-state index is 12.4. The van der Waals surface area contributed by atoms with Crippen molar-refractivity contribution in [1.29, 1.82) is 0 Å². The van der Waals surface area contributed by atoms with Crippen molar-refractivity contribution >= 4 is 33.3 Å². The molecule has 2 aromatic rings. The number of hydrogen-bond donors (Lipinski definition) is 2. The second-order valence-electron chi connectivity index (χ2n) is 8.16. The molecule has 4 nitrogen and oxygen atoms in total. The van der Waals surface area contributed by atoms with Gasteiger partial charge in [0.1, 0.15) is 11.6 Å². The standard InChI is InChI=1S/C25H29F3N4S.3C2H6/c1-16(2)33-18(4)20-6-7-21-15-30-24(14-22(21)13-20)31-19(5)32-11-8-23(12-17(32)3)29-10-9-25(26,27)28;3*1-2/h6-7,13-15,23,29H,1,3-5,8-12H2,2H3,(H,30,31);3*1-2H3. The van der Waals surface area contributed by atoms with Crippen LogP contribution in [0.1, 0.15) is 73.3 Å². The first-order valence-electron chi connectivity index (χ1n) is 13.7. The van der Waals surface area contributed by atoms with Crippen LogP contribution in [0.25, 0.3) is 15.7 Å². The number of nitrogens with zero attached hydrogens (tertiary/aromatic N) is 2. The molecule has 1 aromatic heterocycles. The molecule has 0 spiro atoms. The first-order valence-corrected chi connectivity index (χ1v) is 14.5. The lowest BCUT2D eigenvalue weighted by Crippen LogP contribution is -2.42. The number of fused-ring (bicyclic) bond motifs is 1. The van der Waals surface area contributed by atoms with Crippen LogP contribution in [-0.4, -0.2) is 35.2 Å². The van der Waals surface area contributed by atoms with Gasteiger partial charge in [0, 0.05) is 47.7 Å². The predicted octanol–water partition coefficient (Wildman–Crippen LogP) is 9.95. The molecule has 0 radical (unpaired) electrons. The molecule has 8 heteroatoms. The van der Waals surface area contributed by atoms with E-state index in [1.165, 1.54) is 0 Å². The molecule has 2 N–H and O–H groups in total. The number of halogens is 3. The van der Waals surface area contributed by atoms with Crippen LogP contribution in [0.5, 0.6) is 0 Å². The summed E-state index contributed by atoms with van der Waals surface area (Å²) in [6.07, 6.45) is -1.91. The van der Waals surface area contributed by atoms with Crippen LogP contribution < -0.4 is 10.6 Å². The van der Waals surface area contributed by atoms with Gasteiger partial charge in [0.25, 0.3) is 0 Å². The molecule has 2 heterocycles. The molecule has 0 saturated carbocycles. The minimum absolute atomic E-state index is 0.0220. The average Bonchev–Trinajstić information content (AvgIpc) is 2.90. The highest BCUT2D eigenvalue weighted by atomic mass is 32.2. The molecule has 1 aliphatic rings. The lowest BCUT2D eigenvalue weighted by molar-refractivity contribution is -0.133. The van der Waals surface area contributed by atoms with Crippen LogP contribution in [0.15, 0.2) is 73.2 Å². The molecule has 1 atom stereocenters. The molecule has 1 aliphatic heterocycles. The summed E-state index contributed by atoms with van der Waals surface area (Å²) in [7, 11) is 0. The van der Waals surface area contributed by atoms with Crippen LogP contribution >= 0.6 is 11.8 Å². The third kappa shape index (κ3) is 12.8. The Hall–Kier alpha value is -2.71. The van der Waals surface area contributed by atoms with Gasteiger partial charge in [-0.3, -0.25) is 0 Å². The van der Waals surface area contributed by atoms with Crippen molar-refractivity contribution in [2.75, 3.05) is 18.4 Å². The summed E-state index contributed by atoms with van der Waals surface area (Å²) in [6, 6.07) is 8.03. The number of rotatable bonds is 9. The third-order valence-corrected chi connectivity index (χ3v) is 6.18. The highest BCUT2D eigenvalue weighted by molar-refractivity contribution is 8.11. The zero-order valence-corrected chi connectivity index (χ0v) is 25.6. The highest BCUT2D eigenvalue weighted by Gasteiger charge is 2.28. The average molecular weight is 565 g/mol. The number of anilines is 1. The van der Waals surface area contributed by atoms with Crippen molar-refractivity contribution in [2.45, 2.75) is 79.9 Å². The Morgan fingerprint density at radius 3 is 2.26 bits per heavy atom. The first kappa shape index (κ1) is 36.3. The molecule has 0 amide bonds. The minimum Gasteiger partial charge on any atom is -0.333 e. The van der Waals surface area contributed by atoms with Gasteiger partial charge in [-0.05, 0) is 41.3 Å². The predicted molar refractivity (Wildman–Crippen MR) is 168 cm³/mol. The monoisotopic (exact) mass is 564 g/mol. The van der Waals surface area contributed by atoms with Gasteiger partial charge >= 0.3 is 6.18 Å². The number of piperidine rings is 1. The zero-order chi connectivity index (χ0) is 30.2. The van der Waals surface area contributed by atoms with E-state index in [0.29, 0.717) is 31.0 Å². The first-order chi connectivity index (χ1) is 18.5. The van der Waals surface area contributed by atoms with Gasteiger partial charge in [0.2, 0.25) is 0 Å². The van der Waals surface area contributed by atoms with E-state index in [1.54, 1.807) is 18.0 Å². The molecule has 3 rings (SSSR count). The molecule has 1 saturated heterocycles. The Kier molecular flexibility index (Phi) is 17.3. The quantitative estimate of drug-likeness (QED) is 0.317. The summed E-state index contributed by atoms with van der Waals surface area (Å²) in [6.45, 7) is 30.7. The van der Waals surface area contributed by atoms with E-state index >= 15 is 0 Å². The summed E-state index contributed by atoms with van der Waals surface area (Å²) in [5, 5.41) is 8.25. The van der Waals surface area contributed by atoms with E-state index in [1.807, 2.05) is 71.6 Å². The van der Waals surface area contributed by atoms with Gasteiger partial charge in [-0.1, -0.05) is 91.8 Å². The lowest BCUT2D eigenvalue weighted by atomic mass is 10.0. The second kappa shape index (κ2) is 18.6. The topological polar surface area (TPSA) is 40.2 Å². The van der Waals surface area contributed by atoms with Crippen LogP contribution in [0.4, 0.5) is 19.0 Å². The fourth-order valence-electron chi connectivity index (χ4n) is 3.73. The normalized spacial score (nSPS) is 14.6. The Bertz CT molecular complexity index is 1080. The number of aromatic nitrogens is 1. The molecule has 0 aliphatic carbocycles. The van der Waals surface area contributed by atoms with Gasteiger partial charge in [-0.25, -0.2) is 4.98 Å². The number of alkyl halides is 3. The van der Waals surface area contributed by atoms with Crippen molar-refractivity contribution in [3.8, 4) is 0 Å². The summed E-state index contributed by atoms with van der Waals surface area (Å²) in [5.41, 5.74) is 1.83. The fraction of sp³-hybridized carbons (Fsp3) is 0.452. The number of thioether (sulfide) groups is 1. The van der Waals surface area contributed by atoms with Crippen LogP contribution in [0.2, 0.25) is 0 Å². The van der Waals surface area contributed by atoms with Crippen molar-refractivity contribution in [1.82, 2.24) is 15.2 Å². The molecule has 1 fully saturated rings. The van der Waals surface area contributed by atoms with Crippen LogP contribution in [-0.2, 0) is 0 Å². The lowest BCUT2D eigenvalue weighted by Gasteiger charge is -2.37. The van der Waals surface area contributed by atoms with Crippen molar-refractivity contribution < 1.29 is 13.2 Å². The fourth-order valence-corrected chi connectivity index (χ4v) is 4.39. The number of pyridine rings is 1. The summed E-state index contributed by atoms with van der Waals surface area (Å²) < 4.78 is 37.1. The van der Waals surface area contributed by atoms with E-state index in [4.69, 9.17) is 0 Å². The Labute approximate surface area is 238 Å². The summed E-state index contributed by atoms with van der Waals surface area (Å²) in [5.74, 6) is 1.29. The molecule has 218 valence electrons.